The molecule has 0 aromatic rings. The van der Waals surface area contributed by atoms with E-state index in [1.54, 1.807) is 0 Å². The Morgan fingerprint density at radius 2 is 2.46 bits per heavy atom. The molecule has 1 unspecified atom stereocenters. The third kappa shape index (κ3) is 4.10. The minimum absolute atomic E-state index is 0.116. The Labute approximate surface area is 78.2 Å². The highest BCUT2D eigenvalue weighted by atomic mass is 16.5. The predicted octanol–water partition coefficient (Wildman–Crippen LogP) is -0.706. The maximum Gasteiger partial charge on any atom is 0.314 e. The fourth-order valence-corrected chi connectivity index (χ4v) is 1.19. The van der Waals surface area contributed by atoms with Crippen molar-refractivity contribution < 1.29 is 9.53 Å². The van der Waals surface area contributed by atoms with Gasteiger partial charge in [-0.05, 0) is 6.92 Å². The molecule has 76 valence electrons. The summed E-state index contributed by atoms with van der Waals surface area (Å²) >= 11 is 0. The highest BCUT2D eigenvalue weighted by Crippen LogP contribution is 1.90. The van der Waals surface area contributed by atoms with Crippen LogP contribution in [0, 0.1) is 0 Å². The number of amides is 2. The second-order valence-electron chi connectivity index (χ2n) is 2.97. The lowest BCUT2D eigenvalue weighted by Crippen LogP contribution is -2.50. The van der Waals surface area contributed by atoms with E-state index in [0.29, 0.717) is 19.7 Å². The first-order chi connectivity index (χ1) is 6.33. The van der Waals surface area contributed by atoms with Crippen molar-refractivity contribution in [2.75, 3.05) is 32.8 Å². The fraction of sp³-hybridized carbons (Fsp3) is 0.875. The molecule has 0 aliphatic carbocycles. The lowest BCUT2D eigenvalue weighted by atomic mass is 10.3. The number of morpholine rings is 1. The quantitative estimate of drug-likeness (QED) is 0.547. The zero-order valence-corrected chi connectivity index (χ0v) is 7.93. The topological polar surface area (TPSA) is 62.4 Å². The molecule has 2 amide bonds. The zero-order chi connectivity index (χ0) is 9.52. The number of carbonyl (C=O) groups excluding carboxylic acids is 1. The molecule has 0 spiro atoms. The molecule has 1 atom stereocenters. The van der Waals surface area contributed by atoms with Gasteiger partial charge < -0.3 is 20.7 Å². The molecule has 5 nitrogen and oxygen atoms in total. The normalized spacial score (nSPS) is 22.4. The van der Waals surface area contributed by atoms with Gasteiger partial charge in [0.05, 0.1) is 13.2 Å². The highest BCUT2D eigenvalue weighted by Gasteiger charge is 2.12. The summed E-state index contributed by atoms with van der Waals surface area (Å²) in [5.74, 6) is 0. The van der Waals surface area contributed by atoms with Crippen LogP contribution in [0.4, 0.5) is 4.79 Å². The molecule has 3 N–H and O–H groups in total. The van der Waals surface area contributed by atoms with Crippen molar-refractivity contribution in [3.8, 4) is 0 Å². The maximum absolute atomic E-state index is 11.0. The van der Waals surface area contributed by atoms with Gasteiger partial charge in [0.1, 0.15) is 0 Å². The van der Waals surface area contributed by atoms with Gasteiger partial charge in [0.15, 0.2) is 0 Å². The van der Waals surface area contributed by atoms with Crippen LogP contribution in [0.15, 0.2) is 0 Å². The molecular formula is C8H17N3O2. The molecule has 1 saturated heterocycles. The first kappa shape index (κ1) is 10.3. The molecule has 13 heavy (non-hydrogen) atoms. The van der Waals surface area contributed by atoms with Crippen molar-refractivity contribution >= 4 is 6.03 Å². The van der Waals surface area contributed by atoms with Gasteiger partial charge >= 0.3 is 6.03 Å². The van der Waals surface area contributed by atoms with Gasteiger partial charge in [-0.1, -0.05) is 0 Å². The lowest BCUT2D eigenvalue weighted by Gasteiger charge is -2.23. The van der Waals surface area contributed by atoms with Crippen LogP contribution in [0.3, 0.4) is 0 Å². The summed E-state index contributed by atoms with van der Waals surface area (Å²) in [7, 11) is 0. The van der Waals surface area contributed by atoms with E-state index in [1.165, 1.54) is 0 Å². The molecule has 0 bridgehead atoms. The number of carbonyl (C=O) groups is 1. The molecular weight excluding hydrogens is 170 g/mol. The maximum atomic E-state index is 11.0. The Balaban J connectivity index is 2.06. The smallest absolute Gasteiger partial charge is 0.314 e. The van der Waals surface area contributed by atoms with Gasteiger partial charge in [0.25, 0.3) is 0 Å². The standard InChI is InChI=1S/C8H17N3O2/c1-2-9-8(12)11-5-7-6-13-4-3-10-7/h7,10H,2-6H2,1H3,(H2,9,11,12). The van der Waals surface area contributed by atoms with Crippen molar-refractivity contribution in [2.45, 2.75) is 13.0 Å². The summed E-state index contributed by atoms with van der Waals surface area (Å²) in [5.41, 5.74) is 0. The summed E-state index contributed by atoms with van der Waals surface area (Å²) in [4.78, 5) is 11.0. The Bertz CT molecular complexity index is 157. The molecule has 0 saturated carbocycles. The second-order valence-corrected chi connectivity index (χ2v) is 2.97. The summed E-state index contributed by atoms with van der Waals surface area (Å²) in [6, 6.07) is 0.131. The summed E-state index contributed by atoms with van der Waals surface area (Å²) in [6.45, 7) is 5.46. The summed E-state index contributed by atoms with van der Waals surface area (Å²) in [5, 5.41) is 8.68. The molecule has 1 aliphatic rings. The van der Waals surface area contributed by atoms with Crippen molar-refractivity contribution in [2.24, 2.45) is 0 Å². The van der Waals surface area contributed by atoms with Gasteiger partial charge in [-0.2, -0.15) is 0 Å². The fourth-order valence-electron chi connectivity index (χ4n) is 1.19. The average molecular weight is 187 g/mol. The Hall–Kier alpha value is -0.810. The Kier molecular flexibility index (Phi) is 4.56. The Morgan fingerprint density at radius 3 is 3.08 bits per heavy atom. The first-order valence-corrected chi connectivity index (χ1v) is 4.65. The monoisotopic (exact) mass is 187 g/mol. The van der Waals surface area contributed by atoms with Gasteiger partial charge in [0.2, 0.25) is 0 Å². The molecule has 1 rings (SSSR count). The first-order valence-electron chi connectivity index (χ1n) is 4.65. The molecule has 1 heterocycles. The van der Waals surface area contributed by atoms with Crippen LogP contribution in [0.25, 0.3) is 0 Å². The number of hydrogen-bond acceptors (Lipinski definition) is 3. The van der Waals surface area contributed by atoms with E-state index in [0.717, 1.165) is 13.2 Å². The van der Waals surface area contributed by atoms with E-state index in [-0.39, 0.29) is 12.1 Å². The average Bonchev–Trinajstić information content (AvgIpc) is 2.17. The van der Waals surface area contributed by atoms with Crippen molar-refractivity contribution in [1.29, 1.82) is 0 Å². The number of hydrogen-bond donors (Lipinski definition) is 3. The largest absolute Gasteiger partial charge is 0.378 e. The van der Waals surface area contributed by atoms with Crippen LogP contribution in [-0.2, 0) is 4.74 Å². The molecule has 1 aliphatic heterocycles. The molecule has 1 fully saturated rings. The molecule has 5 heteroatoms. The van der Waals surface area contributed by atoms with Crippen LogP contribution in [0.1, 0.15) is 6.92 Å². The summed E-state index contributed by atoms with van der Waals surface area (Å²) < 4.78 is 5.24. The minimum Gasteiger partial charge on any atom is -0.378 e. The van der Waals surface area contributed by atoms with Gasteiger partial charge in [-0.3, -0.25) is 0 Å². The lowest BCUT2D eigenvalue weighted by molar-refractivity contribution is 0.0774. The minimum atomic E-state index is -0.116. The van der Waals surface area contributed by atoms with Crippen LogP contribution >= 0.6 is 0 Å². The Morgan fingerprint density at radius 1 is 1.62 bits per heavy atom. The van der Waals surface area contributed by atoms with Crippen LogP contribution in [0.5, 0.6) is 0 Å². The van der Waals surface area contributed by atoms with Crippen LogP contribution in [0.2, 0.25) is 0 Å². The van der Waals surface area contributed by atoms with E-state index in [4.69, 9.17) is 4.74 Å². The van der Waals surface area contributed by atoms with Gasteiger partial charge in [-0.25, -0.2) is 4.79 Å². The van der Waals surface area contributed by atoms with Gasteiger partial charge in [0, 0.05) is 25.7 Å². The summed E-state index contributed by atoms with van der Waals surface area (Å²) in [6.07, 6.45) is 0. The third-order valence-electron chi connectivity index (χ3n) is 1.84. The van der Waals surface area contributed by atoms with Crippen LogP contribution < -0.4 is 16.0 Å². The highest BCUT2D eigenvalue weighted by molar-refractivity contribution is 5.73. The number of urea groups is 1. The van der Waals surface area contributed by atoms with E-state index in [2.05, 4.69) is 16.0 Å². The predicted molar refractivity (Wildman–Crippen MR) is 49.7 cm³/mol. The van der Waals surface area contributed by atoms with E-state index < -0.39 is 0 Å². The molecule has 0 radical (unpaired) electrons. The van der Waals surface area contributed by atoms with E-state index in [9.17, 15) is 4.79 Å². The van der Waals surface area contributed by atoms with Gasteiger partial charge in [-0.15, -0.1) is 0 Å². The molecule has 0 aromatic heterocycles. The van der Waals surface area contributed by atoms with Crippen molar-refractivity contribution in [3.05, 3.63) is 0 Å². The zero-order valence-electron chi connectivity index (χ0n) is 7.93. The van der Waals surface area contributed by atoms with E-state index in [1.807, 2.05) is 6.92 Å². The molecule has 0 aromatic carbocycles. The van der Waals surface area contributed by atoms with Crippen LogP contribution in [-0.4, -0.2) is 44.9 Å². The number of nitrogens with one attached hydrogen (secondary N) is 3. The van der Waals surface area contributed by atoms with E-state index >= 15 is 0 Å². The van der Waals surface area contributed by atoms with Crippen molar-refractivity contribution in [1.82, 2.24) is 16.0 Å². The SMILES string of the molecule is CCNC(=O)NCC1COCCN1. The number of rotatable bonds is 3. The van der Waals surface area contributed by atoms with Crippen molar-refractivity contribution in [3.63, 3.8) is 0 Å². The third-order valence-corrected chi connectivity index (χ3v) is 1.84. The second kappa shape index (κ2) is 5.77. The number of ether oxygens (including phenoxy) is 1.